The average Bonchev–Trinajstić information content (AvgIpc) is 2.85. The molecule has 0 amide bonds. The molecule has 7 heteroatoms. The third-order valence-corrected chi connectivity index (χ3v) is 2.25. The average molecular weight is 249 g/mol. The van der Waals surface area contributed by atoms with Crippen LogP contribution >= 0.6 is 0 Å². The Morgan fingerprint density at radius 3 is 2.78 bits per heavy atom. The van der Waals surface area contributed by atoms with Crippen LogP contribution in [0.25, 0.3) is 11.3 Å². The summed E-state index contributed by atoms with van der Waals surface area (Å²) in [5, 5.41) is 12.4. The fourth-order valence-corrected chi connectivity index (χ4v) is 1.35. The monoisotopic (exact) mass is 249 g/mol. The summed E-state index contributed by atoms with van der Waals surface area (Å²) in [7, 11) is 1.48. The van der Waals surface area contributed by atoms with E-state index in [2.05, 4.69) is 15.1 Å². The van der Waals surface area contributed by atoms with Gasteiger partial charge in [-0.3, -0.25) is 4.79 Å². The van der Waals surface area contributed by atoms with E-state index in [0.717, 1.165) is 0 Å². The number of nitrogens with zero attached hydrogens (tertiary/aromatic N) is 3. The number of aromatic nitrogens is 3. The summed E-state index contributed by atoms with van der Waals surface area (Å²) in [5.74, 6) is -0.357. The number of aryl methyl sites for hydroxylation is 1. The molecule has 0 fully saturated rings. The highest BCUT2D eigenvalue weighted by molar-refractivity contribution is 5.67. The van der Waals surface area contributed by atoms with Gasteiger partial charge in [0.05, 0.1) is 13.5 Å². The SMILES string of the molecule is COc1ncc(-c2cc(CCC(=O)O)on2)cn1. The molecule has 0 radical (unpaired) electrons. The molecule has 7 nitrogen and oxygen atoms in total. The minimum Gasteiger partial charge on any atom is -0.481 e. The van der Waals surface area contributed by atoms with Crippen molar-refractivity contribution in [3.05, 3.63) is 24.2 Å². The lowest BCUT2D eigenvalue weighted by Crippen LogP contribution is -1.96. The number of hydrogen-bond donors (Lipinski definition) is 1. The van der Waals surface area contributed by atoms with Crippen molar-refractivity contribution in [3.63, 3.8) is 0 Å². The van der Waals surface area contributed by atoms with Gasteiger partial charge >= 0.3 is 12.0 Å². The van der Waals surface area contributed by atoms with Crippen molar-refractivity contribution in [3.8, 4) is 17.3 Å². The summed E-state index contributed by atoms with van der Waals surface area (Å²) < 4.78 is 9.87. The molecule has 0 aliphatic rings. The summed E-state index contributed by atoms with van der Waals surface area (Å²) in [6.07, 6.45) is 3.43. The Hall–Kier alpha value is -2.44. The lowest BCUT2D eigenvalue weighted by molar-refractivity contribution is -0.137. The van der Waals surface area contributed by atoms with Gasteiger partial charge in [0.1, 0.15) is 11.5 Å². The van der Waals surface area contributed by atoms with E-state index in [1.807, 2.05) is 0 Å². The smallest absolute Gasteiger partial charge is 0.316 e. The van der Waals surface area contributed by atoms with Crippen molar-refractivity contribution in [2.24, 2.45) is 0 Å². The van der Waals surface area contributed by atoms with Gasteiger partial charge in [-0.1, -0.05) is 5.16 Å². The molecule has 18 heavy (non-hydrogen) atoms. The molecular formula is C11H11N3O4. The van der Waals surface area contributed by atoms with Crippen LogP contribution in [0.3, 0.4) is 0 Å². The maximum atomic E-state index is 10.4. The summed E-state index contributed by atoms with van der Waals surface area (Å²) >= 11 is 0. The van der Waals surface area contributed by atoms with Crippen LogP contribution in [-0.4, -0.2) is 33.3 Å². The van der Waals surface area contributed by atoms with Gasteiger partial charge in [0.15, 0.2) is 0 Å². The second-order valence-corrected chi connectivity index (χ2v) is 3.53. The Bertz CT molecular complexity index is 535. The molecule has 0 unspecified atom stereocenters. The second kappa shape index (κ2) is 5.26. The normalized spacial score (nSPS) is 10.3. The fourth-order valence-electron chi connectivity index (χ4n) is 1.35. The fraction of sp³-hybridized carbons (Fsp3) is 0.273. The minimum atomic E-state index is -0.874. The largest absolute Gasteiger partial charge is 0.481 e. The molecule has 94 valence electrons. The van der Waals surface area contributed by atoms with Gasteiger partial charge in [-0.2, -0.15) is 0 Å². The van der Waals surface area contributed by atoms with Crippen molar-refractivity contribution in [1.29, 1.82) is 0 Å². The third kappa shape index (κ3) is 2.82. The second-order valence-electron chi connectivity index (χ2n) is 3.53. The van der Waals surface area contributed by atoms with Crippen molar-refractivity contribution in [2.45, 2.75) is 12.8 Å². The van der Waals surface area contributed by atoms with Crippen LogP contribution in [0.1, 0.15) is 12.2 Å². The van der Waals surface area contributed by atoms with E-state index >= 15 is 0 Å². The Balaban J connectivity index is 2.10. The molecule has 2 aromatic heterocycles. The molecule has 0 aliphatic carbocycles. The van der Waals surface area contributed by atoms with E-state index in [0.29, 0.717) is 23.4 Å². The number of methoxy groups -OCH3 is 1. The molecule has 1 N–H and O–H groups in total. The number of hydrogen-bond acceptors (Lipinski definition) is 6. The first kappa shape index (κ1) is 12.0. The molecule has 2 rings (SSSR count). The highest BCUT2D eigenvalue weighted by Crippen LogP contribution is 2.19. The molecular weight excluding hydrogens is 238 g/mol. The lowest BCUT2D eigenvalue weighted by atomic mass is 10.2. The predicted molar refractivity (Wildman–Crippen MR) is 60.0 cm³/mol. The zero-order valence-corrected chi connectivity index (χ0v) is 9.66. The Morgan fingerprint density at radius 1 is 1.44 bits per heavy atom. The number of ether oxygens (including phenoxy) is 1. The number of carbonyl (C=O) groups is 1. The van der Waals surface area contributed by atoms with Crippen LogP contribution in [0.2, 0.25) is 0 Å². The molecule has 0 spiro atoms. The van der Waals surface area contributed by atoms with E-state index in [4.69, 9.17) is 14.4 Å². The molecule has 2 aromatic rings. The van der Waals surface area contributed by atoms with Gasteiger partial charge in [-0.25, -0.2) is 9.97 Å². The Kier molecular flexibility index (Phi) is 3.52. The first-order chi connectivity index (χ1) is 8.69. The number of rotatable bonds is 5. The van der Waals surface area contributed by atoms with Crippen molar-refractivity contribution in [2.75, 3.05) is 7.11 Å². The third-order valence-electron chi connectivity index (χ3n) is 2.25. The summed E-state index contributed by atoms with van der Waals surface area (Å²) in [4.78, 5) is 18.3. The molecule has 0 saturated heterocycles. The molecule has 0 bridgehead atoms. The minimum absolute atomic E-state index is 0.00768. The maximum Gasteiger partial charge on any atom is 0.316 e. The molecule has 2 heterocycles. The van der Waals surface area contributed by atoms with E-state index in [1.54, 1.807) is 18.5 Å². The van der Waals surface area contributed by atoms with Crippen LogP contribution in [0.5, 0.6) is 6.01 Å². The van der Waals surface area contributed by atoms with Crippen LogP contribution in [-0.2, 0) is 11.2 Å². The quantitative estimate of drug-likeness (QED) is 0.848. The van der Waals surface area contributed by atoms with Gasteiger partial charge in [0.2, 0.25) is 0 Å². The van der Waals surface area contributed by atoms with Crippen LogP contribution in [0.4, 0.5) is 0 Å². The van der Waals surface area contributed by atoms with E-state index in [1.165, 1.54) is 7.11 Å². The van der Waals surface area contributed by atoms with E-state index < -0.39 is 5.97 Å². The summed E-state index contributed by atoms with van der Waals surface area (Å²) in [5.41, 5.74) is 1.25. The zero-order chi connectivity index (χ0) is 13.0. The topological polar surface area (TPSA) is 98.3 Å². The van der Waals surface area contributed by atoms with E-state index in [9.17, 15) is 4.79 Å². The van der Waals surface area contributed by atoms with Crippen LogP contribution in [0, 0.1) is 0 Å². The van der Waals surface area contributed by atoms with Crippen LogP contribution < -0.4 is 4.74 Å². The zero-order valence-electron chi connectivity index (χ0n) is 9.66. The molecule has 0 aromatic carbocycles. The molecule has 0 aliphatic heterocycles. The predicted octanol–water partition coefficient (Wildman–Crippen LogP) is 1.16. The highest BCUT2D eigenvalue weighted by Gasteiger charge is 2.09. The first-order valence-electron chi connectivity index (χ1n) is 5.23. The van der Waals surface area contributed by atoms with Crippen LogP contribution in [0.15, 0.2) is 23.0 Å². The van der Waals surface area contributed by atoms with Gasteiger partial charge in [-0.05, 0) is 0 Å². The lowest BCUT2D eigenvalue weighted by Gasteiger charge is -1.96. The summed E-state index contributed by atoms with van der Waals surface area (Å²) in [6, 6.07) is 1.95. The highest BCUT2D eigenvalue weighted by atomic mass is 16.5. The summed E-state index contributed by atoms with van der Waals surface area (Å²) in [6.45, 7) is 0. The van der Waals surface area contributed by atoms with Gasteiger partial charge in [0.25, 0.3) is 0 Å². The van der Waals surface area contributed by atoms with Gasteiger partial charge in [0, 0.05) is 30.4 Å². The Labute approximate surface area is 102 Å². The molecule has 0 atom stereocenters. The first-order valence-corrected chi connectivity index (χ1v) is 5.23. The van der Waals surface area contributed by atoms with Crippen molar-refractivity contribution < 1.29 is 19.2 Å². The molecule has 0 saturated carbocycles. The Morgan fingerprint density at radius 2 is 2.17 bits per heavy atom. The van der Waals surface area contributed by atoms with Gasteiger partial charge in [-0.15, -0.1) is 0 Å². The van der Waals surface area contributed by atoms with Crippen molar-refractivity contribution in [1.82, 2.24) is 15.1 Å². The number of carboxylic acids is 1. The number of aliphatic carboxylic acids is 1. The standard InChI is InChI=1S/C11H11N3O4/c1-17-11-12-5-7(6-13-11)9-4-8(18-14-9)2-3-10(15)16/h4-6H,2-3H2,1H3,(H,15,16). The maximum absolute atomic E-state index is 10.4. The van der Waals surface area contributed by atoms with Gasteiger partial charge < -0.3 is 14.4 Å². The number of carboxylic acid groups (broad SMARTS) is 1. The van der Waals surface area contributed by atoms with Crippen molar-refractivity contribution >= 4 is 5.97 Å². The van der Waals surface area contributed by atoms with E-state index in [-0.39, 0.29) is 12.4 Å².